The van der Waals surface area contributed by atoms with E-state index in [1.54, 1.807) is 36.7 Å². The summed E-state index contributed by atoms with van der Waals surface area (Å²) in [5.74, 6) is 1.38. The van der Waals surface area contributed by atoms with Crippen LogP contribution in [-0.2, 0) is 16.4 Å². The number of hydrogen-bond acceptors (Lipinski definition) is 7. The molecule has 0 unspecified atom stereocenters. The smallest absolute Gasteiger partial charge is 0.258 e. The van der Waals surface area contributed by atoms with E-state index < -0.39 is 10.0 Å². The van der Waals surface area contributed by atoms with Crippen LogP contribution in [0.5, 0.6) is 5.75 Å². The van der Waals surface area contributed by atoms with Crippen molar-refractivity contribution in [3.8, 4) is 17.2 Å². The van der Waals surface area contributed by atoms with Gasteiger partial charge in [0.05, 0.1) is 12.0 Å². The quantitative estimate of drug-likeness (QED) is 0.683. The first-order valence-corrected chi connectivity index (χ1v) is 8.93. The Bertz CT molecular complexity index is 924. The number of sulfonamides is 1. The normalized spacial score (nSPS) is 11.4. The molecule has 3 rings (SSSR count). The number of nitrogens with one attached hydrogen (secondary N) is 1. The maximum atomic E-state index is 12.2. The number of pyridine rings is 1. The number of hydrogen-bond donors (Lipinski definition) is 1. The van der Waals surface area contributed by atoms with Gasteiger partial charge in [-0.25, -0.2) is 13.1 Å². The second-order valence-corrected chi connectivity index (χ2v) is 6.84. The van der Waals surface area contributed by atoms with Gasteiger partial charge in [-0.15, -0.1) is 0 Å². The van der Waals surface area contributed by atoms with Gasteiger partial charge in [-0.05, 0) is 36.4 Å². The van der Waals surface area contributed by atoms with Crippen LogP contribution in [0.3, 0.4) is 0 Å². The number of benzene rings is 1. The molecule has 0 saturated heterocycles. The number of methoxy groups -OCH3 is 1. The second kappa shape index (κ2) is 7.41. The highest BCUT2D eigenvalue weighted by atomic mass is 32.2. The summed E-state index contributed by atoms with van der Waals surface area (Å²) in [5, 5.41) is 3.85. The van der Waals surface area contributed by atoms with Gasteiger partial charge >= 0.3 is 0 Å². The molecule has 0 bridgehead atoms. The Morgan fingerprint density at radius 2 is 1.84 bits per heavy atom. The number of rotatable bonds is 7. The first kappa shape index (κ1) is 17.1. The lowest BCUT2D eigenvalue weighted by molar-refractivity contribution is 0.414. The Morgan fingerprint density at radius 3 is 2.52 bits per heavy atom. The molecular formula is C16H16N4O4S. The molecule has 1 aromatic carbocycles. The van der Waals surface area contributed by atoms with Crippen LogP contribution in [-0.4, -0.2) is 37.2 Å². The van der Waals surface area contributed by atoms with Gasteiger partial charge in [-0.1, -0.05) is 5.16 Å². The molecule has 9 heteroatoms. The minimum atomic E-state index is -3.60. The largest absolute Gasteiger partial charge is 0.497 e. The van der Waals surface area contributed by atoms with Gasteiger partial charge in [-0.3, -0.25) is 4.98 Å². The molecular weight excluding hydrogens is 344 g/mol. The molecule has 0 saturated carbocycles. The van der Waals surface area contributed by atoms with Crippen molar-refractivity contribution in [3.63, 3.8) is 0 Å². The topological polar surface area (TPSA) is 107 Å². The summed E-state index contributed by atoms with van der Waals surface area (Å²) < 4.78 is 37.1. The summed E-state index contributed by atoms with van der Waals surface area (Å²) in [7, 11) is -2.08. The first-order chi connectivity index (χ1) is 12.1. The highest BCUT2D eigenvalue weighted by molar-refractivity contribution is 7.89. The van der Waals surface area contributed by atoms with E-state index in [-0.39, 0.29) is 11.4 Å². The van der Waals surface area contributed by atoms with E-state index in [9.17, 15) is 8.42 Å². The third kappa shape index (κ3) is 4.20. The van der Waals surface area contributed by atoms with Crippen molar-refractivity contribution < 1.29 is 17.7 Å². The third-order valence-electron chi connectivity index (χ3n) is 3.41. The van der Waals surface area contributed by atoms with Crippen LogP contribution in [0.2, 0.25) is 0 Å². The fourth-order valence-electron chi connectivity index (χ4n) is 2.10. The summed E-state index contributed by atoms with van der Waals surface area (Å²) in [4.78, 5) is 8.32. The highest BCUT2D eigenvalue weighted by Gasteiger charge is 2.14. The number of ether oxygens (including phenoxy) is 1. The third-order valence-corrected chi connectivity index (χ3v) is 4.88. The van der Waals surface area contributed by atoms with Crippen LogP contribution in [0.4, 0.5) is 0 Å². The van der Waals surface area contributed by atoms with Gasteiger partial charge < -0.3 is 9.26 Å². The minimum absolute atomic E-state index is 0.156. The van der Waals surface area contributed by atoms with Crippen molar-refractivity contribution in [3.05, 3.63) is 54.6 Å². The van der Waals surface area contributed by atoms with Crippen molar-refractivity contribution in [1.82, 2.24) is 19.8 Å². The van der Waals surface area contributed by atoms with E-state index >= 15 is 0 Å². The molecule has 3 aromatic rings. The predicted octanol–water partition coefficient (Wildman–Crippen LogP) is 1.66. The summed E-state index contributed by atoms with van der Waals surface area (Å²) in [6, 6.07) is 9.66. The molecule has 0 fully saturated rings. The Morgan fingerprint density at radius 1 is 1.12 bits per heavy atom. The average molecular weight is 360 g/mol. The van der Waals surface area contributed by atoms with Gasteiger partial charge in [-0.2, -0.15) is 4.98 Å². The molecule has 25 heavy (non-hydrogen) atoms. The molecule has 0 amide bonds. The molecule has 0 spiro atoms. The van der Waals surface area contributed by atoms with Gasteiger partial charge in [0.2, 0.25) is 10.0 Å². The van der Waals surface area contributed by atoms with Gasteiger partial charge in [0.25, 0.3) is 5.89 Å². The zero-order valence-corrected chi connectivity index (χ0v) is 14.2. The van der Waals surface area contributed by atoms with E-state index in [0.29, 0.717) is 23.9 Å². The summed E-state index contributed by atoms with van der Waals surface area (Å²) in [6.45, 7) is 0.156. The minimum Gasteiger partial charge on any atom is -0.497 e. The summed E-state index contributed by atoms with van der Waals surface area (Å²) >= 11 is 0. The van der Waals surface area contributed by atoms with Crippen LogP contribution in [0, 0.1) is 0 Å². The Hall–Kier alpha value is -2.78. The van der Waals surface area contributed by atoms with Crippen LogP contribution >= 0.6 is 0 Å². The number of nitrogens with zero attached hydrogens (tertiary/aromatic N) is 3. The van der Waals surface area contributed by atoms with E-state index in [1.165, 1.54) is 19.2 Å². The van der Waals surface area contributed by atoms with Crippen LogP contribution in [0.1, 0.15) is 5.82 Å². The van der Waals surface area contributed by atoms with Gasteiger partial charge in [0, 0.05) is 30.9 Å². The molecule has 0 aliphatic carbocycles. The van der Waals surface area contributed by atoms with E-state index in [4.69, 9.17) is 9.26 Å². The Kier molecular flexibility index (Phi) is 5.05. The maximum Gasteiger partial charge on any atom is 0.258 e. The SMILES string of the molecule is COc1ccc(S(=O)(=O)NCCc2noc(-c3ccncc3)n2)cc1. The zero-order chi connectivity index (χ0) is 17.7. The fourth-order valence-corrected chi connectivity index (χ4v) is 3.13. The number of aromatic nitrogens is 3. The van der Waals surface area contributed by atoms with E-state index in [2.05, 4.69) is 19.8 Å². The molecule has 1 N–H and O–H groups in total. The van der Waals surface area contributed by atoms with E-state index in [1.807, 2.05) is 0 Å². The van der Waals surface area contributed by atoms with Crippen LogP contribution < -0.4 is 9.46 Å². The maximum absolute atomic E-state index is 12.2. The Balaban J connectivity index is 1.59. The Labute approximate surface area is 144 Å². The van der Waals surface area contributed by atoms with Crippen molar-refractivity contribution in [2.45, 2.75) is 11.3 Å². The fraction of sp³-hybridized carbons (Fsp3) is 0.188. The van der Waals surface area contributed by atoms with Crippen LogP contribution in [0.25, 0.3) is 11.5 Å². The highest BCUT2D eigenvalue weighted by Crippen LogP contribution is 2.16. The summed E-state index contributed by atoms with van der Waals surface area (Å²) in [6.07, 6.45) is 3.56. The summed E-state index contributed by atoms with van der Waals surface area (Å²) in [5.41, 5.74) is 0.757. The molecule has 2 heterocycles. The van der Waals surface area contributed by atoms with Crippen molar-refractivity contribution >= 4 is 10.0 Å². The molecule has 2 aromatic heterocycles. The zero-order valence-electron chi connectivity index (χ0n) is 13.4. The molecule has 0 radical (unpaired) electrons. The molecule has 8 nitrogen and oxygen atoms in total. The van der Waals surface area contributed by atoms with Crippen molar-refractivity contribution in [1.29, 1.82) is 0 Å². The van der Waals surface area contributed by atoms with Gasteiger partial charge in [0.1, 0.15) is 5.75 Å². The van der Waals surface area contributed by atoms with Crippen molar-refractivity contribution in [2.75, 3.05) is 13.7 Å². The molecule has 130 valence electrons. The first-order valence-electron chi connectivity index (χ1n) is 7.45. The lowest BCUT2D eigenvalue weighted by Crippen LogP contribution is -2.26. The average Bonchev–Trinajstić information content (AvgIpc) is 3.11. The molecule has 0 atom stereocenters. The lowest BCUT2D eigenvalue weighted by atomic mass is 10.3. The van der Waals surface area contributed by atoms with Gasteiger partial charge in [0.15, 0.2) is 5.82 Å². The van der Waals surface area contributed by atoms with Crippen LogP contribution in [0.15, 0.2) is 58.2 Å². The standard InChI is InChI=1S/C16H16N4O4S/c1-23-13-2-4-14(5-3-13)25(21,22)18-11-8-15-19-16(24-20-15)12-6-9-17-10-7-12/h2-7,9-10,18H,8,11H2,1H3. The lowest BCUT2D eigenvalue weighted by Gasteiger charge is -2.06. The second-order valence-electron chi connectivity index (χ2n) is 5.07. The molecule has 0 aliphatic heterocycles. The molecule has 0 aliphatic rings. The van der Waals surface area contributed by atoms with E-state index in [0.717, 1.165) is 5.56 Å². The predicted molar refractivity (Wildman–Crippen MR) is 89.4 cm³/mol. The van der Waals surface area contributed by atoms with Crippen molar-refractivity contribution in [2.24, 2.45) is 0 Å². The monoisotopic (exact) mass is 360 g/mol.